The minimum atomic E-state index is -2.67. The number of halogens is 3. The largest absolute Gasteiger partial charge is 0.497 e. The Balaban J connectivity index is 1.72. The lowest BCUT2D eigenvalue weighted by atomic mass is 10.1. The van der Waals surface area contributed by atoms with Crippen molar-refractivity contribution in [1.82, 2.24) is 0 Å². The summed E-state index contributed by atoms with van der Waals surface area (Å²) in [5, 5.41) is 2.76. The van der Waals surface area contributed by atoms with Gasteiger partial charge in [-0.1, -0.05) is 29.4 Å². The number of carbonyl (C=O) groups is 2. The second-order valence-corrected chi connectivity index (χ2v) is 7.50. The molecule has 148 valence electrons. The second kappa shape index (κ2) is 8.79. The maximum Gasteiger partial charge on any atom is 0.289 e. The first kappa shape index (κ1) is 20.4. The molecular formula is C19H17ClF2N2O3S. The van der Waals surface area contributed by atoms with E-state index in [1.54, 1.807) is 37.4 Å². The van der Waals surface area contributed by atoms with Crippen LogP contribution in [-0.2, 0) is 9.59 Å². The lowest BCUT2D eigenvalue weighted by Gasteiger charge is -2.17. The number of methoxy groups -OCH3 is 1. The summed E-state index contributed by atoms with van der Waals surface area (Å²) in [6.07, 6.45) is 0.0375. The number of hydrogen-bond acceptors (Lipinski definition) is 4. The van der Waals surface area contributed by atoms with Gasteiger partial charge in [0.1, 0.15) is 5.75 Å². The van der Waals surface area contributed by atoms with Crippen LogP contribution in [0.2, 0.25) is 5.02 Å². The van der Waals surface area contributed by atoms with Gasteiger partial charge in [0.2, 0.25) is 11.8 Å². The third-order valence-corrected chi connectivity index (χ3v) is 5.59. The van der Waals surface area contributed by atoms with Gasteiger partial charge >= 0.3 is 0 Å². The predicted octanol–water partition coefficient (Wildman–Crippen LogP) is 4.65. The van der Waals surface area contributed by atoms with E-state index in [-0.39, 0.29) is 46.2 Å². The first-order chi connectivity index (χ1) is 13.4. The molecule has 1 unspecified atom stereocenters. The summed E-state index contributed by atoms with van der Waals surface area (Å²) < 4.78 is 30.7. The lowest BCUT2D eigenvalue weighted by Crippen LogP contribution is -2.28. The van der Waals surface area contributed by atoms with Crippen LogP contribution in [0.1, 0.15) is 6.42 Å². The van der Waals surface area contributed by atoms with Crippen LogP contribution in [0.4, 0.5) is 20.2 Å². The van der Waals surface area contributed by atoms with Gasteiger partial charge in [0.05, 0.1) is 28.6 Å². The fourth-order valence-electron chi connectivity index (χ4n) is 2.95. The van der Waals surface area contributed by atoms with Crippen molar-refractivity contribution in [2.45, 2.75) is 17.1 Å². The summed E-state index contributed by atoms with van der Waals surface area (Å²) in [6, 6.07) is 11.5. The Morgan fingerprint density at radius 3 is 2.64 bits per heavy atom. The minimum absolute atomic E-state index is 0.0375. The summed E-state index contributed by atoms with van der Waals surface area (Å²) in [5.41, 5.74) is 0.871. The molecule has 5 nitrogen and oxygen atoms in total. The van der Waals surface area contributed by atoms with Crippen LogP contribution in [0.3, 0.4) is 0 Å². The molecule has 1 saturated heterocycles. The number of nitrogens with zero attached hydrogens (tertiary/aromatic N) is 1. The highest BCUT2D eigenvalue weighted by molar-refractivity contribution is 7.99. The molecule has 1 N–H and O–H groups in total. The Morgan fingerprint density at radius 2 is 2.00 bits per heavy atom. The van der Waals surface area contributed by atoms with E-state index in [1.807, 2.05) is 0 Å². The molecule has 1 fully saturated rings. The first-order valence-corrected chi connectivity index (χ1v) is 9.63. The van der Waals surface area contributed by atoms with Gasteiger partial charge in [0, 0.05) is 18.7 Å². The summed E-state index contributed by atoms with van der Waals surface area (Å²) in [7, 11) is 1.55. The highest BCUT2D eigenvalue weighted by atomic mass is 35.5. The zero-order valence-electron chi connectivity index (χ0n) is 14.8. The molecule has 0 saturated carbocycles. The maximum atomic E-state index is 12.8. The molecule has 0 aliphatic carbocycles. The predicted molar refractivity (Wildman–Crippen MR) is 105 cm³/mol. The smallest absolute Gasteiger partial charge is 0.289 e. The highest BCUT2D eigenvalue weighted by Crippen LogP contribution is 2.38. The lowest BCUT2D eigenvalue weighted by molar-refractivity contribution is -0.122. The fourth-order valence-corrected chi connectivity index (χ4v) is 3.86. The summed E-state index contributed by atoms with van der Waals surface area (Å²) in [4.78, 5) is 26.6. The molecule has 1 heterocycles. The average Bonchev–Trinajstić information content (AvgIpc) is 3.06. The van der Waals surface area contributed by atoms with Gasteiger partial charge < -0.3 is 15.0 Å². The van der Waals surface area contributed by atoms with Crippen molar-refractivity contribution in [3.05, 3.63) is 47.5 Å². The third kappa shape index (κ3) is 4.56. The third-order valence-electron chi connectivity index (χ3n) is 4.31. The number of thioether (sulfide) groups is 1. The number of anilines is 2. The molecule has 0 bridgehead atoms. The van der Waals surface area contributed by atoms with Crippen molar-refractivity contribution >= 4 is 46.6 Å². The highest BCUT2D eigenvalue weighted by Gasteiger charge is 2.35. The normalized spacial score (nSPS) is 16.5. The molecule has 28 heavy (non-hydrogen) atoms. The number of rotatable bonds is 6. The summed E-state index contributed by atoms with van der Waals surface area (Å²) in [6.45, 7) is 0.203. The number of alkyl halides is 2. The Hall–Kier alpha value is -2.32. The molecule has 2 aromatic carbocycles. The number of amides is 2. The van der Waals surface area contributed by atoms with Crippen molar-refractivity contribution in [1.29, 1.82) is 0 Å². The number of benzene rings is 2. The van der Waals surface area contributed by atoms with Crippen LogP contribution in [0.5, 0.6) is 5.75 Å². The molecule has 3 rings (SSSR count). The van der Waals surface area contributed by atoms with Gasteiger partial charge in [0.25, 0.3) is 5.76 Å². The van der Waals surface area contributed by atoms with Crippen LogP contribution in [0, 0.1) is 5.92 Å². The van der Waals surface area contributed by atoms with Crippen molar-refractivity contribution in [3.8, 4) is 5.75 Å². The topological polar surface area (TPSA) is 58.6 Å². The zero-order valence-corrected chi connectivity index (χ0v) is 16.4. The van der Waals surface area contributed by atoms with Crippen LogP contribution in [0.25, 0.3) is 0 Å². The molecule has 1 atom stereocenters. The van der Waals surface area contributed by atoms with Crippen molar-refractivity contribution in [2.75, 3.05) is 23.9 Å². The summed E-state index contributed by atoms with van der Waals surface area (Å²) >= 11 is 6.26. The molecule has 0 aromatic heterocycles. The molecule has 1 aliphatic rings. The monoisotopic (exact) mass is 426 g/mol. The average molecular weight is 427 g/mol. The SMILES string of the molecule is COc1ccc(N2CC(C(=O)Nc3cccc(Cl)c3SC(F)F)CC2=O)cc1. The second-order valence-electron chi connectivity index (χ2n) is 6.09. The standard InChI is InChI=1S/C19H17ClF2N2O3S/c1-27-13-7-5-12(6-8-13)24-10-11(9-16(24)25)18(26)23-15-4-2-3-14(20)17(15)28-19(21)22/h2-8,11,19H,9-10H2,1H3,(H,23,26). The minimum Gasteiger partial charge on any atom is -0.497 e. The number of hydrogen-bond donors (Lipinski definition) is 1. The van der Waals surface area contributed by atoms with Gasteiger partial charge in [-0.05, 0) is 36.4 Å². The van der Waals surface area contributed by atoms with Gasteiger partial charge in [-0.3, -0.25) is 9.59 Å². The Morgan fingerprint density at radius 1 is 1.29 bits per heavy atom. The van der Waals surface area contributed by atoms with E-state index in [9.17, 15) is 18.4 Å². The fraction of sp³-hybridized carbons (Fsp3) is 0.263. The van der Waals surface area contributed by atoms with Crippen molar-refractivity contribution in [3.63, 3.8) is 0 Å². The molecular weight excluding hydrogens is 410 g/mol. The van der Waals surface area contributed by atoms with E-state index < -0.39 is 17.6 Å². The zero-order chi connectivity index (χ0) is 20.3. The van der Waals surface area contributed by atoms with Crippen molar-refractivity contribution in [2.24, 2.45) is 5.92 Å². The van der Waals surface area contributed by atoms with Gasteiger partial charge in [-0.25, -0.2) is 0 Å². The Kier molecular flexibility index (Phi) is 6.41. The van der Waals surface area contributed by atoms with Gasteiger partial charge in [-0.15, -0.1) is 0 Å². The van der Waals surface area contributed by atoms with Gasteiger partial charge in [0.15, 0.2) is 0 Å². The maximum absolute atomic E-state index is 12.8. The van der Waals surface area contributed by atoms with E-state index in [2.05, 4.69) is 5.32 Å². The molecule has 2 amide bonds. The van der Waals surface area contributed by atoms with Crippen LogP contribution in [-0.4, -0.2) is 31.2 Å². The Labute approximate surface area is 170 Å². The first-order valence-electron chi connectivity index (χ1n) is 8.37. The number of carbonyl (C=O) groups excluding carboxylic acids is 2. The number of ether oxygens (including phenoxy) is 1. The van der Waals surface area contributed by atoms with Crippen LogP contribution in [0.15, 0.2) is 47.4 Å². The van der Waals surface area contributed by atoms with Gasteiger partial charge in [-0.2, -0.15) is 8.78 Å². The van der Waals surface area contributed by atoms with Crippen molar-refractivity contribution < 1.29 is 23.1 Å². The molecule has 9 heteroatoms. The summed E-state index contributed by atoms with van der Waals surface area (Å²) in [5.74, 6) is -3.21. The van der Waals surface area contributed by atoms with E-state index in [4.69, 9.17) is 16.3 Å². The van der Waals surface area contributed by atoms with E-state index >= 15 is 0 Å². The Bertz CT molecular complexity index is 880. The molecule has 0 radical (unpaired) electrons. The quantitative estimate of drug-likeness (QED) is 0.683. The molecule has 1 aliphatic heterocycles. The van der Waals surface area contributed by atoms with E-state index in [1.165, 1.54) is 17.0 Å². The number of nitrogens with one attached hydrogen (secondary N) is 1. The van der Waals surface area contributed by atoms with Crippen LogP contribution >= 0.6 is 23.4 Å². The van der Waals surface area contributed by atoms with Crippen LogP contribution < -0.4 is 15.0 Å². The van der Waals surface area contributed by atoms with E-state index in [0.717, 1.165) is 0 Å². The van der Waals surface area contributed by atoms with E-state index in [0.29, 0.717) is 11.4 Å². The molecule has 0 spiro atoms. The molecule has 2 aromatic rings.